The van der Waals surface area contributed by atoms with E-state index < -0.39 is 10.0 Å². The third kappa shape index (κ3) is 4.29. The molecule has 0 spiro atoms. The zero-order valence-electron chi connectivity index (χ0n) is 14.4. The Bertz CT molecular complexity index is 878. The van der Waals surface area contributed by atoms with Crippen molar-refractivity contribution in [3.05, 3.63) is 58.1 Å². The number of sulfonamides is 1. The lowest BCUT2D eigenvalue weighted by Gasteiger charge is -2.20. The fourth-order valence-corrected chi connectivity index (χ4v) is 4.68. The van der Waals surface area contributed by atoms with Gasteiger partial charge in [0, 0.05) is 23.2 Å². The summed E-state index contributed by atoms with van der Waals surface area (Å²) < 4.78 is 27.6. The Morgan fingerprint density at radius 1 is 1.12 bits per heavy atom. The molecule has 1 amide bonds. The summed E-state index contributed by atoms with van der Waals surface area (Å²) in [5.41, 5.74) is 1.57. The molecule has 0 aliphatic rings. The van der Waals surface area contributed by atoms with Gasteiger partial charge in [-0.1, -0.05) is 32.0 Å². The predicted octanol–water partition coefficient (Wildman–Crippen LogP) is 4.04. The van der Waals surface area contributed by atoms with Crippen molar-refractivity contribution < 1.29 is 13.2 Å². The molecule has 0 atom stereocenters. The number of benzene rings is 2. The molecule has 2 aromatic carbocycles. The molecule has 1 N–H and O–H groups in total. The molecule has 5 nitrogen and oxygen atoms in total. The first-order valence-electron chi connectivity index (χ1n) is 7.98. The number of hydrogen-bond donors (Lipinski definition) is 1. The van der Waals surface area contributed by atoms with E-state index in [1.165, 1.54) is 10.4 Å². The zero-order chi connectivity index (χ0) is 18.6. The highest BCUT2D eigenvalue weighted by Crippen LogP contribution is 2.24. The summed E-state index contributed by atoms with van der Waals surface area (Å²) in [6.07, 6.45) is 0. The van der Waals surface area contributed by atoms with Crippen LogP contribution >= 0.6 is 15.9 Å². The minimum absolute atomic E-state index is 0.209. The van der Waals surface area contributed by atoms with Gasteiger partial charge in [-0.15, -0.1) is 0 Å². The number of rotatable bonds is 6. The van der Waals surface area contributed by atoms with E-state index in [1.54, 1.807) is 51.1 Å². The average molecular weight is 425 g/mol. The van der Waals surface area contributed by atoms with Crippen LogP contribution in [-0.2, 0) is 10.0 Å². The minimum atomic E-state index is -3.59. The standard InChI is InChI=1S/C18H21BrN2O3S/c1-4-21(5-2)25(23,24)17-12-14(11-10-13(17)3)20-18(22)15-8-6-7-9-16(15)19/h6-12H,4-5H2,1-3H3,(H,20,22). The van der Waals surface area contributed by atoms with Gasteiger partial charge in [0.05, 0.1) is 10.5 Å². The van der Waals surface area contributed by atoms with Crippen molar-refractivity contribution in [3.8, 4) is 0 Å². The molecule has 0 saturated heterocycles. The molecule has 0 bridgehead atoms. The number of halogens is 1. The van der Waals surface area contributed by atoms with Crippen LogP contribution in [0.5, 0.6) is 0 Å². The number of amides is 1. The maximum absolute atomic E-state index is 12.8. The van der Waals surface area contributed by atoms with Crippen LogP contribution in [0.2, 0.25) is 0 Å². The van der Waals surface area contributed by atoms with Gasteiger partial charge < -0.3 is 5.32 Å². The van der Waals surface area contributed by atoms with E-state index in [0.717, 1.165) is 0 Å². The van der Waals surface area contributed by atoms with Crippen LogP contribution in [0.1, 0.15) is 29.8 Å². The smallest absolute Gasteiger partial charge is 0.256 e. The molecule has 25 heavy (non-hydrogen) atoms. The summed E-state index contributed by atoms with van der Waals surface area (Å²) in [4.78, 5) is 12.6. The molecule has 7 heteroatoms. The van der Waals surface area contributed by atoms with Crippen LogP contribution < -0.4 is 5.32 Å². The molecule has 0 aromatic heterocycles. The summed E-state index contributed by atoms with van der Waals surface area (Å²) in [6, 6.07) is 12.0. The van der Waals surface area contributed by atoms with E-state index >= 15 is 0 Å². The van der Waals surface area contributed by atoms with Crippen molar-refractivity contribution in [2.45, 2.75) is 25.7 Å². The predicted molar refractivity (Wildman–Crippen MR) is 103 cm³/mol. The molecule has 0 fully saturated rings. The van der Waals surface area contributed by atoms with Crippen molar-refractivity contribution in [2.75, 3.05) is 18.4 Å². The van der Waals surface area contributed by atoms with Gasteiger partial charge >= 0.3 is 0 Å². The van der Waals surface area contributed by atoms with Gasteiger partial charge in [-0.2, -0.15) is 4.31 Å². The van der Waals surface area contributed by atoms with E-state index in [4.69, 9.17) is 0 Å². The van der Waals surface area contributed by atoms with Gasteiger partial charge in [0.2, 0.25) is 10.0 Å². The highest BCUT2D eigenvalue weighted by Gasteiger charge is 2.24. The van der Waals surface area contributed by atoms with E-state index in [2.05, 4.69) is 21.2 Å². The maximum atomic E-state index is 12.8. The van der Waals surface area contributed by atoms with Crippen LogP contribution in [0.3, 0.4) is 0 Å². The highest BCUT2D eigenvalue weighted by molar-refractivity contribution is 9.10. The Morgan fingerprint density at radius 3 is 2.36 bits per heavy atom. The number of carbonyl (C=O) groups excluding carboxylic acids is 1. The van der Waals surface area contributed by atoms with Gasteiger partial charge in [-0.3, -0.25) is 4.79 Å². The molecule has 0 heterocycles. The number of aryl methyl sites for hydroxylation is 1. The lowest BCUT2D eigenvalue weighted by Crippen LogP contribution is -2.31. The van der Waals surface area contributed by atoms with Crippen molar-refractivity contribution >= 4 is 37.5 Å². The van der Waals surface area contributed by atoms with Gasteiger partial charge in [0.1, 0.15) is 0 Å². The average Bonchev–Trinajstić information content (AvgIpc) is 2.57. The maximum Gasteiger partial charge on any atom is 0.256 e. The SMILES string of the molecule is CCN(CC)S(=O)(=O)c1cc(NC(=O)c2ccccc2Br)ccc1C. The molecule has 134 valence electrons. The Balaban J connectivity index is 2.37. The van der Waals surface area contributed by atoms with Crippen LogP contribution in [0.15, 0.2) is 51.8 Å². The summed E-state index contributed by atoms with van der Waals surface area (Å²) in [5, 5.41) is 2.76. The fraction of sp³-hybridized carbons (Fsp3) is 0.278. The highest BCUT2D eigenvalue weighted by atomic mass is 79.9. The largest absolute Gasteiger partial charge is 0.322 e. The number of nitrogens with zero attached hydrogens (tertiary/aromatic N) is 1. The van der Waals surface area contributed by atoms with Crippen LogP contribution in [-0.4, -0.2) is 31.7 Å². The fourth-order valence-electron chi connectivity index (χ4n) is 2.50. The number of hydrogen-bond acceptors (Lipinski definition) is 3. The van der Waals surface area contributed by atoms with Crippen molar-refractivity contribution in [2.24, 2.45) is 0 Å². The molecule has 0 radical (unpaired) electrons. The third-order valence-corrected chi connectivity index (χ3v) is 6.77. The quantitative estimate of drug-likeness (QED) is 0.760. The number of anilines is 1. The summed E-state index contributed by atoms with van der Waals surface area (Å²) in [5.74, 6) is -0.303. The Labute approximate surface area is 157 Å². The molecule has 0 aliphatic heterocycles. The second-order valence-corrected chi connectivity index (χ2v) is 8.26. The van der Waals surface area contributed by atoms with Gasteiger partial charge in [0.15, 0.2) is 0 Å². The summed E-state index contributed by atoms with van der Waals surface area (Å²) >= 11 is 3.34. The number of carbonyl (C=O) groups is 1. The monoisotopic (exact) mass is 424 g/mol. The molecule has 2 aromatic rings. The topological polar surface area (TPSA) is 66.5 Å². The van der Waals surface area contributed by atoms with E-state index in [-0.39, 0.29) is 10.8 Å². The van der Waals surface area contributed by atoms with E-state index in [9.17, 15) is 13.2 Å². The first-order chi connectivity index (χ1) is 11.8. The Morgan fingerprint density at radius 2 is 1.76 bits per heavy atom. The Kier molecular flexibility index (Phi) is 6.37. The molecule has 0 unspecified atom stereocenters. The van der Waals surface area contributed by atoms with Crippen molar-refractivity contribution in [1.29, 1.82) is 0 Å². The van der Waals surface area contributed by atoms with Crippen molar-refractivity contribution in [3.63, 3.8) is 0 Å². The molecule has 2 rings (SSSR count). The first kappa shape index (κ1) is 19.6. The molecule has 0 aliphatic carbocycles. The lowest BCUT2D eigenvalue weighted by atomic mass is 10.2. The summed E-state index contributed by atoms with van der Waals surface area (Å²) in [7, 11) is -3.59. The van der Waals surface area contributed by atoms with Crippen LogP contribution in [0.4, 0.5) is 5.69 Å². The number of nitrogens with one attached hydrogen (secondary N) is 1. The van der Waals surface area contributed by atoms with Crippen molar-refractivity contribution in [1.82, 2.24) is 4.31 Å². The molecule has 0 saturated carbocycles. The third-order valence-electron chi connectivity index (χ3n) is 3.89. The molecular formula is C18H21BrN2O3S. The van der Waals surface area contributed by atoms with Crippen LogP contribution in [0.25, 0.3) is 0 Å². The van der Waals surface area contributed by atoms with Crippen LogP contribution in [0, 0.1) is 6.92 Å². The second kappa shape index (κ2) is 8.12. The summed E-state index contributed by atoms with van der Waals surface area (Å²) in [6.45, 7) is 6.14. The Hall–Kier alpha value is -1.70. The van der Waals surface area contributed by atoms with Gasteiger partial charge in [-0.25, -0.2) is 8.42 Å². The van der Waals surface area contributed by atoms with Gasteiger partial charge in [0.25, 0.3) is 5.91 Å². The second-order valence-electron chi connectivity index (χ2n) is 5.50. The normalized spacial score (nSPS) is 11.6. The minimum Gasteiger partial charge on any atom is -0.322 e. The van der Waals surface area contributed by atoms with Gasteiger partial charge in [-0.05, 0) is 52.7 Å². The molecular weight excluding hydrogens is 404 g/mol. The lowest BCUT2D eigenvalue weighted by molar-refractivity contribution is 0.102. The first-order valence-corrected chi connectivity index (χ1v) is 10.2. The zero-order valence-corrected chi connectivity index (χ0v) is 16.8. The van der Waals surface area contributed by atoms with E-state index in [0.29, 0.717) is 34.4 Å². The van der Waals surface area contributed by atoms with E-state index in [1.807, 2.05) is 6.07 Å².